The van der Waals surface area contributed by atoms with Gasteiger partial charge in [0.1, 0.15) is 11.3 Å². The number of nitro benzene ring substituents is 1. The van der Waals surface area contributed by atoms with Crippen LogP contribution in [-0.2, 0) is 9.59 Å². The molecule has 1 saturated heterocycles. The Morgan fingerprint density at radius 2 is 1.81 bits per heavy atom. The van der Waals surface area contributed by atoms with Crippen LogP contribution in [0.3, 0.4) is 0 Å². The van der Waals surface area contributed by atoms with Crippen LogP contribution >= 0.6 is 35.4 Å². The van der Waals surface area contributed by atoms with Gasteiger partial charge in [0.15, 0.2) is 5.11 Å². The van der Waals surface area contributed by atoms with Crippen molar-refractivity contribution in [3.8, 4) is 11.5 Å². The Kier molecular flexibility index (Phi) is 6.44. The van der Waals surface area contributed by atoms with E-state index >= 15 is 0 Å². The van der Waals surface area contributed by atoms with E-state index in [1.54, 1.807) is 0 Å². The molecule has 160 valence electrons. The fourth-order valence-electron chi connectivity index (χ4n) is 2.86. The van der Waals surface area contributed by atoms with E-state index in [2.05, 4.69) is 5.32 Å². The summed E-state index contributed by atoms with van der Waals surface area (Å²) in [6, 6.07) is 6.83. The first-order valence-corrected chi connectivity index (χ1v) is 9.61. The molecule has 0 spiro atoms. The molecule has 1 aliphatic heterocycles. The lowest BCUT2D eigenvalue weighted by Crippen LogP contribution is -2.54. The Labute approximate surface area is 191 Å². The topological polar surface area (TPSA) is 111 Å². The molecule has 0 atom stereocenters. The third-order valence-corrected chi connectivity index (χ3v) is 5.10. The molecule has 2 aromatic rings. The lowest BCUT2D eigenvalue weighted by atomic mass is 10.0. The summed E-state index contributed by atoms with van der Waals surface area (Å²) in [4.78, 5) is 37.4. The van der Waals surface area contributed by atoms with Crippen molar-refractivity contribution >= 4 is 69.8 Å². The van der Waals surface area contributed by atoms with E-state index < -0.39 is 16.7 Å². The Morgan fingerprint density at radius 1 is 1.13 bits per heavy atom. The van der Waals surface area contributed by atoms with Gasteiger partial charge in [-0.25, -0.2) is 0 Å². The number of carbonyl (C=O) groups excluding carboxylic acids is 2. The maximum Gasteiger partial charge on any atom is 0.311 e. The SMILES string of the molecule is COc1cc(OC)c([N+](=O)[O-])cc1/C=C1\C(=O)NC(=S)N(c2ccc(Cl)cc2Cl)C1=O. The number of ether oxygens (including phenoxy) is 2. The van der Waals surface area contributed by atoms with Gasteiger partial charge in [-0.1, -0.05) is 23.2 Å². The fourth-order valence-corrected chi connectivity index (χ4v) is 3.62. The van der Waals surface area contributed by atoms with Gasteiger partial charge in [0.2, 0.25) is 5.75 Å². The number of nitrogens with zero attached hydrogens (tertiary/aromatic N) is 2. The smallest absolute Gasteiger partial charge is 0.311 e. The van der Waals surface area contributed by atoms with Crippen molar-refractivity contribution in [2.45, 2.75) is 0 Å². The number of benzene rings is 2. The Bertz CT molecular complexity index is 1170. The van der Waals surface area contributed by atoms with E-state index in [1.165, 1.54) is 44.6 Å². The lowest BCUT2D eigenvalue weighted by molar-refractivity contribution is -0.385. The van der Waals surface area contributed by atoms with Crippen molar-refractivity contribution in [3.05, 3.63) is 61.6 Å². The van der Waals surface area contributed by atoms with Crippen molar-refractivity contribution in [2.24, 2.45) is 0 Å². The van der Waals surface area contributed by atoms with Gasteiger partial charge in [-0.05, 0) is 36.5 Å². The summed E-state index contributed by atoms with van der Waals surface area (Å²) in [5.74, 6) is -1.45. The van der Waals surface area contributed by atoms with E-state index in [1.807, 2.05) is 0 Å². The Hall–Kier alpha value is -3.21. The summed E-state index contributed by atoms with van der Waals surface area (Å²) < 4.78 is 10.2. The van der Waals surface area contributed by atoms with E-state index in [9.17, 15) is 19.7 Å². The largest absolute Gasteiger partial charge is 0.496 e. The first kappa shape index (κ1) is 22.5. The summed E-state index contributed by atoms with van der Waals surface area (Å²) in [6.45, 7) is 0. The van der Waals surface area contributed by atoms with Crippen LogP contribution in [0, 0.1) is 10.1 Å². The highest BCUT2D eigenvalue weighted by Crippen LogP contribution is 2.36. The number of carbonyl (C=O) groups is 2. The fraction of sp³-hybridized carbons (Fsp3) is 0.105. The second-order valence-electron chi connectivity index (χ2n) is 6.08. The van der Waals surface area contributed by atoms with Gasteiger partial charge in [-0.15, -0.1) is 0 Å². The third-order valence-electron chi connectivity index (χ3n) is 4.28. The number of hydrogen-bond acceptors (Lipinski definition) is 7. The van der Waals surface area contributed by atoms with Crippen LogP contribution in [0.1, 0.15) is 5.56 Å². The molecule has 9 nitrogen and oxygen atoms in total. The maximum atomic E-state index is 13.1. The summed E-state index contributed by atoms with van der Waals surface area (Å²) >= 11 is 17.2. The van der Waals surface area contributed by atoms with Crippen molar-refractivity contribution in [1.82, 2.24) is 5.32 Å². The number of amides is 2. The van der Waals surface area contributed by atoms with Crippen molar-refractivity contribution in [1.29, 1.82) is 0 Å². The minimum absolute atomic E-state index is 0.0424. The van der Waals surface area contributed by atoms with Gasteiger partial charge < -0.3 is 9.47 Å². The molecule has 0 saturated carbocycles. The summed E-state index contributed by atoms with van der Waals surface area (Å²) in [5.41, 5.74) is -0.382. The molecule has 0 aromatic heterocycles. The second-order valence-corrected chi connectivity index (χ2v) is 7.31. The number of thiocarbonyl (C=S) groups is 1. The number of methoxy groups -OCH3 is 2. The van der Waals surface area contributed by atoms with Gasteiger partial charge in [0.05, 0.1) is 29.9 Å². The number of hydrogen-bond donors (Lipinski definition) is 1. The number of rotatable bonds is 5. The Balaban J connectivity index is 2.14. The van der Waals surface area contributed by atoms with E-state index in [-0.39, 0.29) is 44.1 Å². The molecular formula is C19H13Cl2N3O6S. The number of nitrogens with one attached hydrogen (secondary N) is 1. The van der Waals surface area contributed by atoms with Crippen LogP contribution in [0.15, 0.2) is 35.9 Å². The van der Waals surface area contributed by atoms with E-state index in [4.69, 9.17) is 44.9 Å². The molecule has 2 aromatic carbocycles. The zero-order valence-corrected chi connectivity index (χ0v) is 18.3. The average Bonchev–Trinajstić information content (AvgIpc) is 2.71. The van der Waals surface area contributed by atoms with Crippen LogP contribution in [0.4, 0.5) is 11.4 Å². The minimum Gasteiger partial charge on any atom is -0.496 e. The zero-order valence-electron chi connectivity index (χ0n) is 16.0. The molecule has 1 heterocycles. The number of halogens is 2. The zero-order chi connectivity index (χ0) is 22.9. The molecule has 0 aliphatic carbocycles. The van der Waals surface area contributed by atoms with Crippen molar-refractivity contribution in [3.63, 3.8) is 0 Å². The molecular weight excluding hydrogens is 469 g/mol. The van der Waals surface area contributed by atoms with Gasteiger partial charge >= 0.3 is 5.69 Å². The monoisotopic (exact) mass is 481 g/mol. The first-order chi connectivity index (χ1) is 14.7. The van der Waals surface area contributed by atoms with Gasteiger partial charge in [-0.3, -0.25) is 29.9 Å². The summed E-state index contributed by atoms with van der Waals surface area (Å²) in [5, 5.41) is 14.1. The van der Waals surface area contributed by atoms with Crippen LogP contribution in [-0.4, -0.2) is 36.1 Å². The molecule has 1 aliphatic rings. The standard InChI is InChI=1S/C19H13Cl2N3O6S/c1-29-15-8-16(30-2)14(24(27)28)6-9(15)5-11-17(25)22-19(31)23(18(11)26)13-4-3-10(20)7-12(13)21/h3-8H,1-2H3,(H,22,25,31)/b11-5+. The lowest BCUT2D eigenvalue weighted by Gasteiger charge is -2.29. The van der Waals surface area contributed by atoms with Gasteiger partial charge in [-0.2, -0.15) is 0 Å². The predicted octanol–water partition coefficient (Wildman–Crippen LogP) is 3.75. The van der Waals surface area contributed by atoms with Crippen LogP contribution in [0.25, 0.3) is 6.08 Å². The highest BCUT2D eigenvalue weighted by atomic mass is 35.5. The summed E-state index contributed by atoms with van der Waals surface area (Å²) in [6.07, 6.45) is 1.17. The van der Waals surface area contributed by atoms with Crippen LogP contribution < -0.4 is 19.7 Å². The minimum atomic E-state index is -0.781. The molecule has 0 bridgehead atoms. The maximum absolute atomic E-state index is 13.1. The second kappa shape index (κ2) is 8.88. The molecule has 2 amide bonds. The van der Waals surface area contributed by atoms with Crippen molar-refractivity contribution < 1.29 is 24.0 Å². The average molecular weight is 482 g/mol. The van der Waals surface area contributed by atoms with E-state index in [0.717, 1.165) is 11.0 Å². The van der Waals surface area contributed by atoms with Gasteiger partial charge in [0.25, 0.3) is 11.8 Å². The van der Waals surface area contributed by atoms with Crippen LogP contribution in [0.2, 0.25) is 10.0 Å². The highest BCUT2D eigenvalue weighted by molar-refractivity contribution is 7.80. The molecule has 12 heteroatoms. The van der Waals surface area contributed by atoms with E-state index in [0.29, 0.717) is 5.02 Å². The third kappa shape index (κ3) is 4.31. The first-order valence-electron chi connectivity index (χ1n) is 8.44. The molecule has 3 rings (SSSR count). The predicted molar refractivity (Wildman–Crippen MR) is 119 cm³/mol. The van der Waals surface area contributed by atoms with Crippen molar-refractivity contribution in [2.75, 3.05) is 19.1 Å². The quantitative estimate of drug-likeness (QED) is 0.227. The Morgan fingerprint density at radius 3 is 2.39 bits per heavy atom. The molecule has 1 fully saturated rings. The van der Waals surface area contributed by atoms with Crippen LogP contribution in [0.5, 0.6) is 11.5 Å². The molecule has 0 unspecified atom stereocenters. The normalized spacial score (nSPS) is 15.2. The number of nitro groups is 1. The molecule has 0 radical (unpaired) electrons. The summed E-state index contributed by atoms with van der Waals surface area (Å²) in [7, 11) is 2.60. The number of anilines is 1. The molecule has 1 N–H and O–H groups in total. The van der Waals surface area contributed by atoms with Gasteiger partial charge in [0, 0.05) is 22.7 Å². The highest BCUT2D eigenvalue weighted by Gasteiger charge is 2.36. The molecule has 31 heavy (non-hydrogen) atoms.